The molecule has 0 unspecified atom stereocenters. The fourth-order valence-corrected chi connectivity index (χ4v) is 5.23. The predicted molar refractivity (Wildman–Crippen MR) is 112 cm³/mol. The molecule has 0 radical (unpaired) electrons. The van der Waals surface area contributed by atoms with Crippen molar-refractivity contribution < 1.29 is 26.3 Å². The summed E-state index contributed by atoms with van der Waals surface area (Å²) in [6.07, 6.45) is -2.99. The molecule has 0 spiro atoms. The summed E-state index contributed by atoms with van der Waals surface area (Å²) in [4.78, 5) is -0.431. The Bertz CT molecular complexity index is 1430. The third-order valence-corrected chi connectivity index (χ3v) is 7.06. The maximum absolute atomic E-state index is 13.3. The van der Waals surface area contributed by atoms with Crippen molar-refractivity contribution in [2.45, 2.75) is 11.1 Å². The van der Waals surface area contributed by atoms with Crippen molar-refractivity contribution >= 4 is 21.2 Å². The number of ether oxygens (including phenoxy) is 1. The minimum atomic E-state index is -4.65. The highest BCUT2D eigenvalue weighted by Gasteiger charge is 2.35. The second-order valence-corrected chi connectivity index (χ2v) is 9.07. The molecular weight excluding hydrogens is 443 g/mol. The van der Waals surface area contributed by atoms with E-state index in [1.54, 1.807) is 28.9 Å². The van der Waals surface area contributed by atoms with Gasteiger partial charge in [-0.15, -0.1) is 0 Å². The zero-order valence-electron chi connectivity index (χ0n) is 16.5. The van der Waals surface area contributed by atoms with Gasteiger partial charge in [-0.1, -0.05) is 12.1 Å². The first kappa shape index (κ1) is 20.4. The molecule has 0 N–H and O–H groups in total. The lowest BCUT2D eigenvalue weighted by molar-refractivity contribution is -0.137. The Morgan fingerprint density at radius 1 is 0.969 bits per heavy atom. The average molecular weight is 459 g/mol. The quantitative estimate of drug-likeness (QED) is 0.449. The van der Waals surface area contributed by atoms with Crippen LogP contribution in [0.25, 0.3) is 16.8 Å². The number of benzene rings is 2. The van der Waals surface area contributed by atoms with Crippen molar-refractivity contribution in [3.8, 4) is 17.0 Å². The number of alkyl halides is 3. The maximum atomic E-state index is 13.3. The van der Waals surface area contributed by atoms with Crippen LogP contribution >= 0.6 is 0 Å². The number of pyridine rings is 1. The number of fused-ring (bicyclic) bond motifs is 2. The van der Waals surface area contributed by atoms with Crippen LogP contribution in [-0.2, 0) is 16.2 Å². The lowest BCUT2D eigenvalue weighted by Gasteiger charge is -2.31. The number of sulfonamides is 1. The first-order chi connectivity index (χ1) is 15.2. The average Bonchev–Trinajstić information content (AvgIpc) is 3.27. The molecule has 4 aromatic rings. The van der Waals surface area contributed by atoms with Crippen molar-refractivity contribution in [1.82, 2.24) is 9.61 Å². The summed E-state index contributed by atoms with van der Waals surface area (Å²) >= 11 is 0. The molecule has 10 heteroatoms. The Labute approximate surface area is 181 Å². The minimum Gasteiger partial charge on any atom is -0.489 e. The zero-order valence-corrected chi connectivity index (χ0v) is 17.3. The largest absolute Gasteiger partial charge is 0.489 e. The van der Waals surface area contributed by atoms with Gasteiger partial charge >= 0.3 is 6.18 Å². The van der Waals surface area contributed by atoms with E-state index >= 15 is 0 Å². The zero-order chi connectivity index (χ0) is 22.5. The molecule has 2 aromatic heterocycles. The summed E-state index contributed by atoms with van der Waals surface area (Å²) in [5.74, 6) is 0.336. The van der Waals surface area contributed by atoms with Gasteiger partial charge in [-0.05, 0) is 54.6 Å². The van der Waals surface area contributed by atoms with Gasteiger partial charge < -0.3 is 4.74 Å². The molecule has 0 amide bonds. The molecule has 164 valence electrons. The first-order valence-corrected chi connectivity index (χ1v) is 11.1. The van der Waals surface area contributed by atoms with Gasteiger partial charge in [0.1, 0.15) is 12.4 Å². The Hall–Kier alpha value is -3.53. The summed E-state index contributed by atoms with van der Waals surface area (Å²) in [6.45, 7) is 0.0558. The molecule has 0 fully saturated rings. The Kier molecular flexibility index (Phi) is 4.63. The van der Waals surface area contributed by atoms with Crippen LogP contribution < -0.4 is 9.04 Å². The highest BCUT2D eigenvalue weighted by molar-refractivity contribution is 7.92. The van der Waals surface area contributed by atoms with E-state index in [1.165, 1.54) is 0 Å². The van der Waals surface area contributed by atoms with Crippen LogP contribution in [0.1, 0.15) is 5.56 Å². The Morgan fingerprint density at radius 2 is 1.78 bits per heavy atom. The summed E-state index contributed by atoms with van der Waals surface area (Å²) in [7, 11) is -4.26. The molecule has 1 aliphatic heterocycles. The second kappa shape index (κ2) is 7.27. The van der Waals surface area contributed by atoms with Crippen molar-refractivity contribution in [2.75, 3.05) is 17.5 Å². The van der Waals surface area contributed by atoms with Gasteiger partial charge in [0, 0.05) is 5.56 Å². The minimum absolute atomic E-state index is 0.0268. The van der Waals surface area contributed by atoms with Crippen LogP contribution in [0.5, 0.6) is 5.75 Å². The highest BCUT2D eigenvalue weighted by atomic mass is 32.2. The lowest BCUT2D eigenvalue weighted by Crippen LogP contribution is -2.38. The van der Waals surface area contributed by atoms with E-state index in [1.807, 2.05) is 24.3 Å². The van der Waals surface area contributed by atoms with E-state index < -0.39 is 26.7 Å². The van der Waals surface area contributed by atoms with Crippen LogP contribution in [0.4, 0.5) is 18.9 Å². The predicted octanol–water partition coefficient (Wildman–Crippen LogP) is 4.61. The normalized spacial score (nSPS) is 14.3. The third-order valence-electron chi connectivity index (χ3n) is 5.25. The van der Waals surface area contributed by atoms with Gasteiger partial charge in [-0.3, -0.25) is 4.31 Å². The first-order valence-electron chi connectivity index (χ1n) is 9.65. The number of hydrogen-bond donors (Lipinski definition) is 0. The molecule has 0 atom stereocenters. The molecule has 32 heavy (non-hydrogen) atoms. The van der Waals surface area contributed by atoms with Crippen molar-refractivity contribution in [2.24, 2.45) is 0 Å². The smallest absolute Gasteiger partial charge is 0.416 e. The summed E-state index contributed by atoms with van der Waals surface area (Å²) < 4.78 is 74.5. The molecule has 0 bridgehead atoms. The second-order valence-electron chi connectivity index (χ2n) is 7.21. The van der Waals surface area contributed by atoms with Gasteiger partial charge in [0.25, 0.3) is 10.0 Å². The topological polar surface area (TPSA) is 63.9 Å². The molecule has 1 aliphatic rings. The maximum Gasteiger partial charge on any atom is 0.416 e. The summed E-state index contributed by atoms with van der Waals surface area (Å²) in [5.41, 5.74) is 1.52. The number of hydrogen-bond acceptors (Lipinski definition) is 4. The van der Waals surface area contributed by atoms with Gasteiger partial charge in [0.15, 0.2) is 0 Å². The van der Waals surface area contributed by atoms with E-state index in [0.717, 1.165) is 33.7 Å². The van der Waals surface area contributed by atoms with Gasteiger partial charge in [-0.25, -0.2) is 12.9 Å². The highest BCUT2D eigenvalue weighted by Crippen LogP contribution is 2.39. The fraction of sp³-hybridized carbons (Fsp3) is 0.136. The molecule has 3 heterocycles. The van der Waals surface area contributed by atoms with Gasteiger partial charge in [0.05, 0.1) is 40.1 Å². The van der Waals surface area contributed by atoms with E-state index in [9.17, 15) is 21.6 Å². The van der Waals surface area contributed by atoms with E-state index in [0.29, 0.717) is 17.4 Å². The standard InChI is InChI=1S/C22H16F3N3O3S/c23-22(24,25)16-3-1-5-18(14-16)32(29,30)27-11-12-31-21-8-7-15(13-20(21)27)19-6-2-4-17-9-10-26-28(17)19/h1-10,13-14H,11-12H2. The molecule has 0 aliphatic carbocycles. The van der Waals surface area contributed by atoms with Crippen LogP contribution in [0.2, 0.25) is 0 Å². The fourth-order valence-electron chi connectivity index (χ4n) is 3.73. The monoisotopic (exact) mass is 459 g/mol. The third kappa shape index (κ3) is 3.36. The summed E-state index contributed by atoms with van der Waals surface area (Å²) in [5, 5.41) is 4.30. The number of anilines is 1. The molecule has 0 saturated carbocycles. The Morgan fingerprint density at radius 3 is 2.59 bits per heavy atom. The summed E-state index contributed by atoms with van der Waals surface area (Å²) in [6, 6.07) is 16.3. The SMILES string of the molecule is O=S(=O)(c1cccc(C(F)(F)F)c1)N1CCOc2ccc(-c3cccc4ccnn34)cc21. The van der Waals surface area contributed by atoms with E-state index in [2.05, 4.69) is 5.10 Å². The number of rotatable bonds is 3. The van der Waals surface area contributed by atoms with Crippen molar-refractivity contribution in [1.29, 1.82) is 0 Å². The number of nitrogens with zero attached hydrogens (tertiary/aromatic N) is 3. The molecule has 0 saturated heterocycles. The van der Waals surface area contributed by atoms with Crippen LogP contribution in [0.3, 0.4) is 0 Å². The lowest BCUT2D eigenvalue weighted by atomic mass is 10.1. The van der Waals surface area contributed by atoms with Crippen molar-refractivity contribution in [3.63, 3.8) is 0 Å². The van der Waals surface area contributed by atoms with Crippen LogP contribution in [-0.4, -0.2) is 31.2 Å². The molecular formula is C22H16F3N3O3S. The van der Waals surface area contributed by atoms with Crippen molar-refractivity contribution in [3.05, 3.63) is 78.5 Å². The van der Waals surface area contributed by atoms with E-state index in [-0.39, 0.29) is 18.8 Å². The van der Waals surface area contributed by atoms with Gasteiger partial charge in [0.2, 0.25) is 0 Å². The molecule has 2 aromatic carbocycles. The van der Waals surface area contributed by atoms with Crippen LogP contribution in [0.15, 0.2) is 77.8 Å². The Balaban J connectivity index is 1.62. The van der Waals surface area contributed by atoms with Gasteiger partial charge in [-0.2, -0.15) is 18.3 Å². The number of halogens is 3. The molecule has 6 nitrogen and oxygen atoms in total. The molecule has 5 rings (SSSR count). The van der Waals surface area contributed by atoms with E-state index in [4.69, 9.17) is 4.74 Å². The van der Waals surface area contributed by atoms with Crippen LogP contribution in [0, 0.1) is 0 Å². The number of aromatic nitrogens is 2.